The van der Waals surface area contributed by atoms with Crippen molar-refractivity contribution in [1.82, 2.24) is 5.32 Å². The predicted octanol–water partition coefficient (Wildman–Crippen LogP) is 2.07. The average Bonchev–Trinajstić information content (AvgIpc) is 2.59. The van der Waals surface area contributed by atoms with E-state index in [9.17, 15) is 13.2 Å². The Balaban J connectivity index is 0.00000338. The molecular weight excluding hydrogens is 376 g/mol. The van der Waals surface area contributed by atoms with Gasteiger partial charge in [-0.25, -0.2) is 8.42 Å². The number of amides is 1. The van der Waals surface area contributed by atoms with Crippen molar-refractivity contribution in [3.63, 3.8) is 0 Å². The van der Waals surface area contributed by atoms with Crippen LogP contribution in [0.2, 0.25) is 0 Å². The Morgan fingerprint density at radius 1 is 1.12 bits per heavy atom. The van der Waals surface area contributed by atoms with Gasteiger partial charge in [0.15, 0.2) is 9.84 Å². The molecule has 0 fully saturated rings. The fourth-order valence-corrected chi connectivity index (χ4v) is 3.03. The van der Waals surface area contributed by atoms with Crippen molar-refractivity contribution < 1.29 is 17.9 Å². The van der Waals surface area contributed by atoms with Gasteiger partial charge >= 0.3 is 0 Å². The predicted molar refractivity (Wildman–Crippen MR) is 103 cm³/mol. The third-order valence-electron chi connectivity index (χ3n) is 3.77. The molecule has 3 N–H and O–H groups in total. The van der Waals surface area contributed by atoms with Crippen molar-refractivity contribution in [1.29, 1.82) is 0 Å². The topological polar surface area (TPSA) is 98.5 Å². The lowest BCUT2D eigenvalue weighted by Crippen LogP contribution is -2.40. The van der Waals surface area contributed by atoms with Gasteiger partial charge in [-0.15, -0.1) is 12.4 Å². The van der Waals surface area contributed by atoms with Crippen LogP contribution in [-0.4, -0.2) is 33.7 Å². The summed E-state index contributed by atoms with van der Waals surface area (Å²) in [5, 5.41) is 2.87. The van der Waals surface area contributed by atoms with Gasteiger partial charge in [-0.2, -0.15) is 0 Å². The van der Waals surface area contributed by atoms with E-state index in [1.807, 2.05) is 12.1 Å². The highest BCUT2D eigenvalue weighted by Crippen LogP contribution is 2.26. The first kappa shape index (κ1) is 22.0. The quantitative estimate of drug-likeness (QED) is 0.776. The molecule has 1 unspecified atom stereocenters. The van der Waals surface area contributed by atoms with E-state index in [-0.39, 0.29) is 23.2 Å². The van der Waals surface area contributed by atoms with Crippen LogP contribution in [0.5, 0.6) is 5.75 Å². The van der Waals surface area contributed by atoms with Crippen LogP contribution in [0.3, 0.4) is 0 Å². The monoisotopic (exact) mass is 398 g/mol. The molecule has 1 amide bonds. The normalized spacial score (nSPS) is 13.2. The summed E-state index contributed by atoms with van der Waals surface area (Å²) >= 11 is 0. The number of benzene rings is 2. The molecule has 2 aromatic rings. The van der Waals surface area contributed by atoms with Crippen molar-refractivity contribution in [2.75, 3.05) is 13.4 Å². The maximum absolute atomic E-state index is 12.1. The SMILES string of the molecule is COc1ccc(C(NC(=O)[C@@H](C)N)c2cccc(S(C)(=O)=O)c2)cc1.Cl. The number of carbonyl (C=O) groups excluding carboxylic acids is 1. The first-order valence-electron chi connectivity index (χ1n) is 7.72. The zero-order valence-electron chi connectivity index (χ0n) is 14.8. The second-order valence-electron chi connectivity index (χ2n) is 5.85. The summed E-state index contributed by atoms with van der Waals surface area (Å²) in [6, 6.07) is 12.5. The highest BCUT2D eigenvalue weighted by molar-refractivity contribution is 7.90. The summed E-state index contributed by atoms with van der Waals surface area (Å²) in [5.74, 6) is 0.358. The fraction of sp³-hybridized carbons (Fsp3) is 0.278. The molecule has 0 aromatic heterocycles. The Hall–Kier alpha value is -2.09. The second kappa shape index (κ2) is 9.02. The number of methoxy groups -OCH3 is 1. The third kappa shape index (κ3) is 5.45. The van der Waals surface area contributed by atoms with Crippen molar-refractivity contribution in [2.45, 2.75) is 23.9 Å². The number of hydrogen-bond donors (Lipinski definition) is 2. The fourth-order valence-electron chi connectivity index (χ4n) is 2.35. The number of nitrogens with two attached hydrogens (primary N) is 1. The molecule has 0 aliphatic heterocycles. The van der Waals surface area contributed by atoms with Gasteiger partial charge in [-0.1, -0.05) is 24.3 Å². The minimum absolute atomic E-state index is 0. The molecule has 0 saturated carbocycles. The van der Waals surface area contributed by atoms with E-state index in [4.69, 9.17) is 10.5 Å². The Morgan fingerprint density at radius 2 is 1.73 bits per heavy atom. The summed E-state index contributed by atoms with van der Waals surface area (Å²) in [4.78, 5) is 12.3. The zero-order chi connectivity index (χ0) is 18.6. The number of ether oxygens (including phenoxy) is 1. The number of rotatable bonds is 6. The van der Waals surface area contributed by atoms with E-state index in [1.54, 1.807) is 44.4 Å². The van der Waals surface area contributed by atoms with Crippen LogP contribution in [-0.2, 0) is 14.6 Å². The highest BCUT2D eigenvalue weighted by atomic mass is 35.5. The lowest BCUT2D eigenvalue weighted by Gasteiger charge is -2.22. The first-order valence-corrected chi connectivity index (χ1v) is 9.61. The minimum Gasteiger partial charge on any atom is -0.497 e. The van der Waals surface area contributed by atoms with E-state index in [0.717, 1.165) is 11.8 Å². The number of sulfone groups is 1. The molecule has 6 nitrogen and oxygen atoms in total. The van der Waals surface area contributed by atoms with E-state index in [1.165, 1.54) is 6.07 Å². The number of hydrogen-bond acceptors (Lipinski definition) is 5. The van der Waals surface area contributed by atoms with Gasteiger partial charge in [0, 0.05) is 6.26 Å². The maximum atomic E-state index is 12.1. The van der Waals surface area contributed by atoms with Crippen molar-refractivity contribution in [3.8, 4) is 5.75 Å². The molecule has 0 radical (unpaired) electrons. The van der Waals surface area contributed by atoms with Crippen LogP contribution in [0, 0.1) is 0 Å². The molecular formula is C18H23ClN2O4S. The molecule has 2 atom stereocenters. The maximum Gasteiger partial charge on any atom is 0.237 e. The number of halogens is 1. The van der Waals surface area contributed by atoms with E-state index in [2.05, 4.69) is 5.32 Å². The molecule has 142 valence electrons. The van der Waals surface area contributed by atoms with Crippen LogP contribution in [0.25, 0.3) is 0 Å². The summed E-state index contributed by atoms with van der Waals surface area (Å²) < 4.78 is 28.8. The minimum atomic E-state index is -3.35. The molecule has 0 spiro atoms. The van der Waals surface area contributed by atoms with E-state index in [0.29, 0.717) is 11.3 Å². The summed E-state index contributed by atoms with van der Waals surface area (Å²) in [5.41, 5.74) is 7.10. The van der Waals surface area contributed by atoms with Gasteiger partial charge < -0.3 is 15.8 Å². The Kier molecular flexibility index (Phi) is 7.62. The molecule has 0 saturated heterocycles. The van der Waals surface area contributed by atoms with Crippen LogP contribution in [0.15, 0.2) is 53.4 Å². The molecule has 26 heavy (non-hydrogen) atoms. The van der Waals surface area contributed by atoms with Gasteiger partial charge in [0.2, 0.25) is 5.91 Å². The summed E-state index contributed by atoms with van der Waals surface area (Å²) in [6.07, 6.45) is 1.15. The number of carbonyl (C=O) groups is 1. The van der Waals surface area contributed by atoms with E-state index >= 15 is 0 Å². The van der Waals surface area contributed by atoms with E-state index < -0.39 is 21.9 Å². The van der Waals surface area contributed by atoms with Crippen molar-refractivity contribution in [3.05, 3.63) is 59.7 Å². The van der Waals surface area contributed by atoms with Crippen LogP contribution in [0.1, 0.15) is 24.1 Å². The van der Waals surface area contributed by atoms with Gasteiger partial charge in [0.25, 0.3) is 0 Å². The molecule has 8 heteroatoms. The van der Waals surface area contributed by atoms with Crippen molar-refractivity contribution in [2.24, 2.45) is 5.73 Å². The summed E-state index contributed by atoms with van der Waals surface area (Å²) in [7, 11) is -1.78. The first-order chi connectivity index (χ1) is 11.7. The molecule has 2 rings (SSSR count). The number of nitrogens with one attached hydrogen (secondary N) is 1. The molecule has 2 aromatic carbocycles. The molecule has 0 aliphatic rings. The smallest absolute Gasteiger partial charge is 0.237 e. The van der Waals surface area contributed by atoms with Crippen molar-refractivity contribution >= 4 is 28.2 Å². The van der Waals surface area contributed by atoms with Gasteiger partial charge in [-0.3, -0.25) is 4.79 Å². The van der Waals surface area contributed by atoms with Crippen LogP contribution >= 0.6 is 12.4 Å². The Labute approximate surface area is 160 Å². The lowest BCUT2D eigenvalue weighted by atomic mass is 9.98. The Bertz CT molecular complexity index is 852. The lowest BCUT2D eigenvalue weighted by molar-refractivity contribution is -0.122. The van der Waals surface area contributed by atoms with Crippen LogP contribution < -0.4 is 15.8 Å². The second-order valence-corrected chi connectivity index (χ2v) is 7.86. The standard InChI is InChI=1S/C18H22N2O4S.ClH/c1-12(19)18(21)20-17(13-7-9-15(24-2)10-8-13)14-5-4-6-16(11-14)25(3,22)23;/h4-12,17H,19H2,1-3H3,(H,20,21);1H/t12-,17?;/m1./s1. The third-order valence-corrected chi connectivity index (χ3v) is 4.88. The zero-order valence-corrected chi connectivity index (χ0v) is 16.4. The van der Waals surface area contributed by atoms with Gasteiger partial charge in [-0.05, 0) is 42.3 Å². The van der Waals surface area contributed by atoms with Gasteiger partial charge in [0.1, 0.15) is 5.75 Å². The highest BCUT2D eigenvalue weighted by Gasteiger charge is 2.20. The van der Waals surface area contributed by atoms with Crippen LogP contribution in [0.4, 0.5) is 0 Å². The Morgan fingerprint density at radius 3 is 2.23 bits per heavy atom. The molecule has 0 bridgehead atoms. The largest absolute Gasteiger partial charge is 0.497 e. The molecule has 0 aliphatic carbocycles. The average molecular weight is 399 g/mol. The van der Waals surface area contributed by atoms with Gasteiger partial charge in [0.05, 0.1) is 24.1 Å². The molecule has 0 heterocycles. The summed E-state index contributed by atoms with van der Waals surface area (Å²) in [6.45, 7) is 1.59.